The van der Waals surface area contributed by atoms with Crippen LogP contribution in [-0.2, 0) is 6.42 Å². The number of rotatable bonds is 5. The number of hydrogen-bond donors (Lipinski definition) is 2. The third-order valence-electron chi connectivity index (χ3n) is 2.54. The zero-order valence-electron chi connectivity index (χ0n) is 10.7. The maximum atomic E-state index is 5.70. The van der Waals surface area contributed by atoms with Crippen molar-refractivity contribution in [3.05, 3.63) is 11.7 Å². The van der Waals surface area contributed by atoms with Gasteiger partial charge in [0.25, 0.3) is 0 Å². The maximum absolute atomic E-state index is 5.70. The molecule has 2 rings (SSSR count). The van der Waals surface area contributed by atoms with E-state index < -0.39 is 0 Å². The van der Waals surface area contributed by atoms with Gasteiger partial charge in [-0.15, -0.1) is 24.0 Å². The summed E-state index contributed by atoms with van der Waals surface area (Å²) in [6.45, 7) is 4.64. The molecule has 1 fully saturated rings. The van der Waals surface area contributed by atoms with Gasteiger partial charge in [0.1, 0.15) is 0 Å². The van der Waals surface area contributed by atoms with E-state index in [9.17, 15) is 0 Å². The molecule has 6 nitrogen and oxygen atoms in total. The smallest absolute Gasteiger partial charge is 0.228 e. The fourth-order valence-corrected chi connectivity index (χ4v) is 1.36. The Morgan fingerprint density at radius 3 is 2.83 bits per heavy atom. The fourth-order valence-electron chi connectivity index (χ4n) is 1.36. The average molecular weight is 365 g/mol. The van der Waals surface area contributed by atoms with Crippen LogP contribution in [0, 0.1) is 0 Å². The number of nitrogens with zero attached hydrogens (tertiary/aromatic N) is 3. The molecule has 0 aliphatic heterocycles. The van der Waals surface area contributed by atoms with Gasteiger partial charge in [-0.2, -0.15) is 4.98 Å². The lowest BCUT2D eigenvalue weighted by atomic mass is 10.2. The summed E-state index contributed by atoms with van der Waals surface area (Å²) >= 11 is 0. The zero-order valence-corrected chi connectivity index (χ0v) is 13.0. The molecule has 102 valence electrons. The van der Waals surface area contributed by atoms with Crippen molar-refractivity contribution >= 4 is 29.9 Å². The molecule has 1 aliphatic carbocycles. The third-order valence-corrected chi connectivity index (χ3v) is 2.54. The highest BCUT2D eigenvalue weighted by Crippen LogP contribution is 2.18. The van der Waals surface area contributed by atoms with E-state index in [1.54, 1.807) is 0 Å². The van der Waals surface area contributed by atoms with Crippen LogP contribution in [0.3, 0.4) is 0 Å². The second-order valence-electron chi connectivity index (χ2n) is 4.64. The lowest BCUT2D eigenvalue weighted by Gasteiger charge is -2.01. The Labute approximate surface area is 124 Å². The van der Waals surface area contributed by atoms with Crippen molar-refractivity contribution in [3.8, 4) is 0 Å². The van der Waals surface area contributed by atoms with Crippen molar-refractivity contribution in [1.29, 1.82) is 0 Å². The van der Waals surface area contributed by atoms with Crippen LogP contribution in [-0.4, -0.2) is 28.7 Å². The summed E-state index contributed by atoms with van der Waals surface area (Å²) < 4.78 is 5.11. The zero-order chi connectivity index (χ0) is 12.3. The van der Waals surface area contributed by atoms with Crippen LogP contribution in [0.1, 0.15) is 44.3 Å². The molecule has 1 heterocycles. The Kier molecular flexibility index (Phi) is 5.83. The van der Waals surface area contributed by atoms with E-state index in [4.69, 9.17) is 10.3 Å². The van der Waals surface area contributed by atoms with Gasteiger partial charge in [-0.25, -0.2) is 0 Å². The minimum absolute atomic E-state index is 0. The summed E-state index contributed by atoms with van der Waals surface area (Å²) in [6, 6.07) is 0.537. The van der Waals surface area contributed by atoms with Gasteiger partial charge >= 0.3 is 0 Å². The summed E-state index contributed by atoms with van der Waals surface area (Å²) in [5.74, 6) is 2.17. The quantitative estimate of drug-likeness (QED) is 0.468. The van der Waals surface area contributed by atoms with Crippen LogP contribution < -0.4 is 11.1 Å². The first kappa shape index (κ1) is 15.2. The van der Waals surface area contributed by atoms with Gasteiger partial charge in [0.05, 0.1) is 6.54 Å². The van der Waals surface area contributed by atoms with Crippen LogP contribution in [0.25, 0.3) is 0 Å². The second-order valence-corrected chi connectivity index (χ2v) is 4.64. The van der Waals surface area contributed by atoms with E-state index in [0.29, 0.717) is 30.9 Å². The first-order valence-electron chi connectivity index (χ1n) is 6.04. The number of nitrogens with one attached hydrogen (secondary N) is 1. The Balaban J connectivity index is 0.00000162. The average Bonchev–Trinajstić information content (AvgIpc) is 2.94. The van der Waals surface area contributed by atoms with Gasteiger partial charge in [0.2, 0.25) is 5.89 Å². The van der Waals surface area contributed by atoms with Crippen molar-refractivity contribution in [1.82, 2.24) is 15.5 Å². The molecular formula is C11H20IN5O. The van der Waals surface area contributed by atoms with Crippen LogP contribution >= 0.6 is 24.0 Å². The SMILES string of the molecule is CC(C)c1noc(CCN=C(N)NC2CC2)n1.I. The molecule has 0 unspecified atom stereocenters. The second kappa shape index (κ2) is 6.91. The lowest BCUT2D eigenvalue weighted by molar-refractivity contribution is 0.372. The summed E-state index contributed by atoms with van der Waals surface area (Å²) in [7, 11) is 0. The minimum atomic E-state index is 0. The Morgan fingerprint density at radius 1 is 1.56 bits per heavy atom. The molecule has 0 amide bonds. The number of aromatic nitrogens is 2. The van der Waals surface area contributed by atoms with E-state index in [1.165, 1.54) is 12.8 Å². The number of aliphatic imine (C=N–C) groups is 1. The van der Waals surface area contributed by atoms with Gasteiger partial charge in [-0.05, 0) is 12.8 Å². The summed E-state index contributed by atoms with van der Waals surface area (Å²) in [6.07, 6.45) is 3.02. The highest BCUT2D eigenvalue weighted by Gasteiger charge is 2.21. The van der Waals surface area contributed by atoms with Crippen molar-refractivity contribution in [2.75, 3.05) is 6.54 Å². The van der Waals surface area contributed by atoms with Gasteiger partial charge in [0.15, 0.2) is 11.8 Å². The van der Waals surface area contributed by atoms with Gasteiger partial charge in [0, 0.05) is 18.4 Å². The van der Waals surface area contributed by atoms with Crippen molar-refractivity contribution in [2.45, 2.75) is 45.1 Å². The highest BCUT2D eigenvalue weighted by molar-refractivity contribution is 14.0. The predicted octanol–water partition coefficient (Wildman–Crippen LogP) is 1.42. The van der Waals surface area contributed by atoms with Gasteiger partial charge in [-0.1, -0.05) is 19.0 Å². The van der Waals surface area contributed by atoms with Crippen LogP contribution in [0.15, 0.2) is 9.52 Å². The molecule has 1 aromatic heterocycles. The van der Waals surface area contributed by atoms with Crippen molar-refractivity contribution < 1.29 is 4.52 Å². The summed E-state index contributed by atoms with van der Waals surface area (Å²) in [5, 5.41) is 7.02. The number of nitrogens with two attached hydrogens (primary N) is 1. The largest absolute Gasteiger partial charge is 0.370 e. The molecule has 3 N–H and O–H groups in total. The van der Waals surface area contributed by atoms with Crippen LogP contribution in [0.2, 0.25) is 0 Å². The van der Waals surface area contributed by atoms with Gasteiger partial charge in [-0.3, -0.25) is 4.99 Å². The molecule has 0 bridgehead atoms. The summed E-state index contributed by atoms with van der Waals surface area (Å²) in [5.41, 5.74) is 5.70. The monoisotopic (exact) mass is 365 g/mol. The molecule has 1 saturated carbocycles. The molecule has 0 atom stereocenters. The number of guanidine groups is 1. The Morgan fingerprint density at radius 2 is 2.28 bits per heavy atom. The molecule has 18 heavy (non-hydrogen) atoms. The molecule has 0 spiro atoms. The Hall–Kier alpha value is -0.860. The highest BCUT2D eigenvalue weighted by atomic mass is 127. The number of halogens is 1. The van der Waals surface area contributed by atoms with E-state index in [-0.39, 0.29) is 29.9 Å². The lowest BCUT2D eigenvalue weighted by Crippen LogP contribution is -2.33. The molecule has 0 radical (unpaired) electrons. The maximum Gasteiger partial charge on any atom is 0.228 e. The van der Waals surface area contributed by atoms with Gasteiger partial charge < -0.3 is 15.6 Å². The third kappa shape index (κ3) is 4.79. The normalized spacial score (nSPS) is 15.6. The molecule has 1 aromatic rings. The van der Waals surface area contributed by atoms with Crippen LogP contribution in [0.4, 0.5) is 0 Å². The van der Waals surface area contributed by atoms with E-state index >= 15 is 0 Å². The first-order chi connectivity index (χ1) is 8.15. The molecule has 0 saturated heterocycles. The summed E-state index contributed by atoms with van der Waals surface area (Å²) in [4.78, 5) is 8.48. The fraction of sp³-hybridized carbons (Fsp3) is 0.727. The van der Waals surface area contributed by atoms with E-state index in [2.05, 4.69) is 20.4 Å². The first-order valence-corrected chi connectivity index (χ1v) is 6.04. The minimum Gasteiger partial charge on any atom is -0.370 e. The molecular weight excluding hydrogens is 345 g/mol. The predicted molar refractivity (Wildman–Crippen MR) is 80.2 cm³/mol. The standard InChI is InChI=1S/C11H19N5O.HI/c1-7(2)10-15-9(17-16-10)5-6-13-11(12)14-8-3-4-8;/h7-8H,3-6H2,1-2H3,(H3,12,13,14);1H. The number of hydrogen-bond acceptors (Lipinski definition) is 4. The van der Waals surface area contributed by atoms with Crippen molar-refractivity contribution in [2.24, 2.45) is 10.7 Å². The molecule has 0 aromatic carbocycles. The topological polar surface area (TPSA) is 89.3 Å². The van der Waals surface area contributed by atoms with Crippen molar-refractivity contribution in [3.63, 3.8) is 0 Å². The molecule has 7 heteroatoms. The molecule has 1 aliphatic rings. The van der Waals surface area contributed by atoms with E-state index in [0.717, 1.165) is 5.82 Å². The van der Waals surface area contributed by atoms with Crippen LogP contribution in [0.5, 0.6) is 0 Å². The Bertz CT molecular complexity index is 400. The van der Waals surface area contributed by atoms with E-state index in [1.807, 2.05) is 13.8 Å².